The van der Waals surface area contributed by atoms with Crippen molar-refractivity contribution in [2.24, 2.45) is 5.41 Å². The molecule has 0 fully saturated rings. The minimum atomic E-state index is -0.0396. The fourth-order valence-corrected chi connectivity index (χ4v) is 1.39. The number of nitrogens with one attached hydrogen (secondary N) is 1. The summed E-state index contributed by atoms with van der Waals surface area (Å²) in [6.45, 7) is 15.8. The van der Waals surface area contributed by atoms with Crippen molar-refractivity contribution in [3.05, 3.63) is 12.7 Å². The topological polar surface area (TPSA) is 21.3 Å². The first-order valence-electron chi connectivity index (χ1n) is 6.17. The molecule has 0 amide bonds. The molecule has 0 rings (SSSR count). The molecule has 0 spiro atoms. The van der Waals surface area contributed by atoms with E-state index in [1.54, 1.807) is 7.11 Å². The highest BCUT2D eigenvalue weighted by molar-refractivity contribution is 4.94. The Kier molecular flexibility index (Phi) is 6.27. The molecule has 96 valence electrons. The van der Waals surface area contributed by atoms with Crippen LogP contribution in [0.3, 0.4) is 0 Å². The molecule has 1 atom stereocenters. The van der Waals surface area contributed by atoms with Crippen LogP contribution in [-0.4, -0.2) is 25.3 Å². The summed E-state index contributed by atoms with van der Waals surface area (Å²) in [7, 11) is 1.78. The van der Waals surface area contributed by atoms with E-state index in [1.165, 1.54) is 0 Å². The van der Waals surface area contributed by atoms with E-state index in [1.807, 2.05) is 0 Å². The standard InChI is InChI=1S/C14H29NO/c1-8-14(6,11-15-12(2)3)10-9-13(4,5)16-7/h8,12,15H,1,9-11H2,2-7H3. The largest absolute Gasteiger partial charge is 0.379 e. The van der Waals surface area contributed by atoms with Crippen LogP contribution in [0, 0.1) is 5.41 Å². The van der Waals surface area contributed by atoms with E-state index in [0.717, 1.165) is 19.4 Å². The number of methoxy groups -OCH3 is 1. The molecule has 0 aromatic carbocycles. The number of ether oxygens (including phenoxy) is 1. The molecule has 0 saturated heterocycles. The van der Waals surface area contributed by atoms with Crippen LogP contribution in [0.25, 0.3) is 0 Å². The van der Waals surface area contributed by atoms with Crippen molar-refractivity contribution < 1.29 is 4.74 Å². The number of hydrogen-bond donors (Lipinski definition) is 1. The van der Waals surface area contributed by atoms with E-state index in [2.05, 4.69) is 52.6 Å². The maximum Gasteiger partial charge on any atom is 0.0623 e. The summed E-state index contributed by atoms with van der Waals surface area (Å²) >= 11 is 0. The normalized spacial score (nSPS) is 16.2. The zero-order valence-corrected chi connectivity index (χ0v) is 11.9. The molecule has 0 aliphatic heterocycles. The predicted molar refractivity (Wildman–Crippen MR) is 71.8 cm³/mol. The molecule has 2 nitrogen and oxygen atoms in total. The molecule has 0 radical (unpaired) electrons. The highest BCUT2D eigenvalue weighted by Crippen LogP contribution is 2.28. The maximum absolute atomic E-state index is 5.45. The Morgan fingerprint density at radius 1 is 1.25 bits per heavy atom. The lowest BCUT2D eigenvalue weighted by molar-refractivity contribution is 0.00758. The smallest absolute Gasteiger partial charge is 0.0623 e. The molecule has 0 heterocycles. The average molecular weight is 227 g/mol. The molecular formula is C14H29NO. The summed E-state index contributed by atoms with van der Waals surface area (Å²) < 4.78 is 5.45. The molecular weight excluding hydrogens is 198 g/mol. The molecule has 1 unspecified atom stereocenters. The average Bonchev–Trinajstić information content (AvgIpc) is 2.24. The van der Waals surface area contributed by atoms with Gasteiger partial charge >= 0.3 is 0 Å². The van der Waals surface area contributed by atoms with Crippen molar-refractivity contribution >= 4 is 0 Å². The minimum Gasteiger partial charge on any atom is -0.379 e. The molecule has 2 heteroatoms. The van der Waals surface area contributed by atoms with Gasteiger partial charge in [0, 0.05) is 19.7 Å². The second-order valence-electron chi connectivity index (χ2n) is 5.86. The maximum atomic E-state index is 5.45. The third-order valence-corrected chi connectivity index (χ3v) is 3.26. The SMILES string of the molecule is C=CC(C)(CCC(C)(C)OC)CNC(C)C. The fraction of sp³-hybridized carbons (Fsp3) is 0.857. The molecule has 1 N–H and O–H groups in total. The first-order valence-corrected chi connectivity index (χ1v) is 6.17. The summed E-state index contributed by atoms with van der Waals surface area (Å²) in [6, 6.07) is 0.523. The van der Waals surface area contributed by atoms with Gasteiger partial charge in [0.1, 0.15) is 0 Å². The van der Waals surface area contributed by atoms with E-state index >= 15 is 0 Å². The first kappa shape index (κ1) is 15.7. The van der Waals surface area contributed by atoms with Crippen LogP contribution in [0.5, 0.6) is 0 Å². The Morgan fingerprint density at radius 3 is 2.19 bits per heavy atom. The molecule has 0 aromatic rings. The molecule has 0 bridgehead atoms. The highest BCUT2D eigenvalue weighted by Gasteiger charge is 2.25. The van der Waals surface area contributed by atoms with Gasteiger partial charge in [-0.2, -0.15) is 0 Å². The van der Waals surface area contributed by atoms with Crippen LogP contribution in [0.4, 0.5) is 0 Å². The van der Waals surface area contributed by atoms with E-state index in [9.17, 15) is 0 Å². The van der Waals surface area contributed by atoms with Crippen LogP contribution < -0.4 is 5.32 Å². The quantitative estimate of drug-likeness (QED) is 0.642. The number of rotatable bonds is 8. The summed E-state index contributed by atoms with van der Waals surface area (Å²) in [6.07, 6.45) is 4.21. The third-order valence-electron chi connectivity index (χ3n) is 3.26. The molecule has 16 heavy (non-hydrogen) atoms. The summed E-state index contributed by atoms with van der Waals surface area (Å²) in [4.78, 5) is 0. The summed E-state index contributed by atoms with van der Waals surface area (Å²) in [5, 5.41) is 3.48. The Hall–Kier alpha value is -0.340. The van der Waals surface area contributed by atoms with Gasteiger partial charge in [0.25, 0.3) is 0 Å². The van der Waals surface area contributed by atoms with Gasteiger partial charge in [0.05, 0.1) is 5.60 Å². The zero-order chi connectivity index (χ0) is 12.8. The Bertz CT molecular complexity index is 211. The lowest BCUT2D eigenvalue weighted by Gasteiger charge is -2.32. The van der Waals surface area contributed by atoms with Crippen LogP contribution in [0.2, 0.25) is 0 Å². The Labute approximate surface area is 101 Å². The lowest BCUT2D eigenvalue weighted by Crippen LogP contribution is -2.36. The van der Waals surface area contributed by atoms with E-state index in [4.69, 9.17) is 4.74 Å². The highest BCUT2D eigenvalue weighted by atomic mass is 16.5. The van der Waals surface area contributed by atoms with E-state index in [0.29, 0.717) is 6.04 Å². The van der Waals surface area contributed by atoms with Crippen LogP contribution >= 0.6 is 0 Å². The molecule has 0 aromatic heterocycles. The molecule has 0 aliphatic rings. The fourth-order valence-electron chi connectivity index (χ4n) is 1.39. The van der Waals surface area contributed by atoms with Crippen LogP contribution in [0.1, 0.15) is 47.5 Å². The van der Waals surface area contributed by atoms with Gasteiger partial charge in [0.2, 0.25) is 0 Å². The van der Waals surface area contributed by atoms with Crippen molar-refractivity contribution in [2.75, 3.05) is 13.7 Å². The van der Waals surface area contributed by atoms with Crippen molar-refractivity contribution in [1.82, 2.24) is 5.32 Å². The van der Waals surface area contributed by atoms with Gasteiger partial charge in [-0.3, -0.25) is 0 Å². The molecule has 0 saturated carbocycles. The second kappa shape index (κ2) is 6.41. The van der Waals surface area contributed by atoms with Gasteiger partial charge < -0.3 is 10.1 Å². The van der Waals surface area contributed by atoms with E-state index < -0.39 is 0 Å². The summed E-state index contributed by atoms with van der Waals surface area (Å²) in [5.74, 6) is 0. The minimum absolute atomic E-state index is 0.0396. The third kappa shape index (κ3) is 6.29. The van der Waals surface area contributed by atoms with Gasteiger partial charge in [0.15, 0.2) is 0 Å². The van der Waals surface area contributed by atoms with Gasteiger partial charge in [-0.1, -0.05) is 26.8 Å². The van der Waals surface area contributed by atoms with Crippen molar-refractivity contribution in [3.63, 3.8) is 0 Å². The van der Waals surface area contributed by atoms with Crippen LogP contribution in [-0.2, 0) is 4.74 Å². The zero-order valence-electron chi connectivity index (χ0n) is 11.9. The second-order valence-corrected chi connectivity index (χ2v) is 5.86. The first-order chi connectivity index (χ1) is 7.24. The lowest BCUT2D eigenvalue weighted by atomic mass is 9.82. The van der Waals surface area contributed by atoms with Gasteiger partial charge in [-0.25, -0.2) is 0 Å². The van der Waals surface area contributed by atoms with Crippen molar-refractivity contribution in [1.29, 1.82) is 0 Å². The Morgan fingerprint density at radius 2 is 1.81 bits per heavy atom. The van der Waals surface area contributed by atoms with Gasteiger partial charge in [-0.15, -0.1) is 6.58 Å². The number of hydrogen-bond acceptors (Lipinski definition) is 2. The predicted octanol–water partition coefficient (Wildman–Crippen LogP) is 3.38. The Balaban J connectivity index is 4.21. The van der Waals surface area contributed by atoms with E-state index in [-0.39, 0.29) is 11.0 Å². The molecule has 0 aliphatic carbocycles. The monoisotopic (exact) mass is 227 g/mol. The van der Waals surface area contributed by atoms with Crippen molar-refractivity contribution in [2.45, 2.75) is 59.1 Å². The summed E-state index contributed by atoms with van der Waals surface area (Å²) in [5.41, 5.74) is 0.113. The van der Waals surface area contributed by atoms with Gasteiger partial charge in [-0.05, 0) is 32.1 Å². The van der Waals surface area contributed by atoms with Crippen LogP contribution in [0.15, 0.2) is 12.7 Å². The van der Waals surface area contributed by atoms with Crippen molar-refractivity contribution in [3.8, 4) is 0 Å².